The van der Waals surface area contributed by atoms with Gasteiger partial charge in [0.05, 0.1) is 6.61 Å². The second kappa shape index (κ2) is 5.27. The minimum absolute atomic E-state index is 0.162. The predicted octanol–water partition coefficient (Wildman–Crippen LogP) is 0.394. The van der Waals surface area contributed by atoms with Crippen LogP contribution in [0.5, 0.6) is 0 Å². The maximum atomic E-state index is 11.4. The number of carbonyl (C=O) groups excluding carboxylic acids is 2. The molecule has 1 heterocycles. The van der Waals surface area contributed by atoms with E-state index in [1.54, 1.807) is 0 Å². The maximum absolute atomic E-state index is 11.4. The summed E-state index contributed by atoms with van der Waals surface area (Å²) in [6.07, 6.45) is -0.170. The minimum Gasteiger partial charge on any atom is -0.434 e. The van der Waals surface area contributed by atoms with E-state index in [0.717, 1.165) is 0 Å². The molecule has 0 amide bonds. The highest BCUT2D eigenvalue weighted by Crippen LogP contribution is 2.17. The van der Waals surface area contributed by atoms with E-state index in [4.69, 9.17) is 0 Å². The van der Waals surface area contributed by atoms with Gasteiger partial charge in [-0.3, -0.25) is 5.32 Å². The topological polar surface area (TPSA) is 84.9 Å². The van der Waals surface area contributed by atoms with Gasteiger partial charge in [0.15, 0.2) is 0 Å². The van der Waals surface area contributed by atoms with E-state index in [0.29, 0.717) is 13.0 Å². The summed E-state index contributed by atoms with van der Waals surface area (Å²) >= 11 is 0. The number of esters is 1. The Labute approximate surface area is 93.9 Å². The zero-order valence-corrected chi connectivity index (χ0v) is 9.49. The molecule has 0 spiro atoms. The van der Waals surface area contributed by atoms with Crippen molar-refractivity contribution in [2.45, 2.75) is 32.4 Å². The van der Waals surface area contributed by atoms with Crippen LogP contribution in [0.25, 0.3) is 0 Å². The van der Waals surface area contributed by atoms with Gasteiger partial charge in [0.2, 0.25) is 5.72 Å². The average Bonchev–Trinajstić information content (AvgIpc) is 2.63. The molecule has 6 heteroatoms. The lowest BCUT2D eigenvalue weighted by Crippen LogP contribution is -2.49. The first kappa shape index (κ1) is 12.9. The molecule has 0 unspecified atom stereocenters. The Morgan fingerprint density at radius 1 is 1.50 bits per heavy atom. The molecule has 1 atom stereocenters. The molecular weight excluding hydrogens is 214 g/mol. The Morgan fingerprint density at radius 3 is 2.69 bits per heavy atom. The zero-order valence-electron chi connectivity index (χ0n) is 9.49. The predicted molar refractivity (Wildman–Crippen MR) is 54.5 cm³/mol. The van der Waals surface area contributed by atoms with Gasteiger partial charge in [-0.1, -0.05) is 13.8 Å². The number of rotatable bonds is 3. The van der Waals surface area contributed by atoms with E-state index < -0.39 is 17.8 Å². The SMILES string of the molecule is CC(C)COC(=O)OC(=O)[C@]1(O)CCCN1. The monoisotopic (exact) mass is 231 g/mol. The van der Waals surface area contributed by atoms with Crippen molar-refractivity contribution in [1.82, 2.24) is 5.32 Å². The summed E-state index contributed by atoms with van der Waals surface area (Å²) in [5, 5.41) is 12.3. The smallest absolute Gasteiger partial charge is 0.434 e. The van der Waals surface area contributed by atoms with Gasteiger partial charge in [-0.15, -0.1) is 0 Å². The number of ether oxygens (including phenoxy) is 2. The summed E-state index contributed by atoms with van der Waals surface area (Å²) in [4.78, 5) is 22.4. The molecule has 1 fully saturated rings. The van der Waals surface area contributed by atoms with Crippen LogP contribution in [-0.2, 0) is 14.3 Å². The van der Waals surface area contributed by atoms with Crippen molar-refractivity contribution in [3.8, 4) is 0 Å². The molecule has 1 rings (SSSR count). The molecule has 6 nitrogen and oxygen atoms in total. The quantitative estimate of drug-likeness (QED) is 0.540. The molecule has 0 bridgehead atoms. The van der Waals surface area contributed by atoms with Gasteiger partial charge < -0.3 is 14.6 Å². The fourth-order valence-corrected chi connectivity index (χ4v) is 1.33. The van der Waals surface area contributed by atoms with Crippen LogP contribution in [0.4, 0.5) is 4.79 Å². The second-order valence-electron chi connectivity index (χ2n) is 4.23. The van der Waals surface area contributed by atoms with Crippen molar-refractivity contribution in [1.29, 1.82) is 0 Å². The number of hydrogen-bond donors (Lipinski definition) is 2. The van der Waals surface area contributed by atoms with Gasteiger partial charge in [-0.05, 0) is 18.9 Å². The minimum atomic E-state index is -1.74. The van der Waals surface area contributed by atoms with Crippen LogP contribution < -0.4 is 5.32 Å². The van der Waals surface area contributed by atoms with Gasteiger partial charge in [-0.2, -0.15) is 0 Å². The molecule has 0 aliphatic carbocycles. The molecular formula is C10H17NO5. The van der Waals surface area contributed by atoms with E-state index in [-0.39, 0.29) is 18.9 Å². The van der Waals surface area contributed by atoms with Gasteiger partial charge in [-0.25, -0.2) is 9.59 Å². The molecule has 16 heavy (non-hydrogen) atoms. The van der Waals surface area contributed by atoms with E-state index in [1.807, 2.05) is 13.8 Å². The normalized spacial score (nSPS) is 24.5. The Bertz CT molecular complexity index is 270. The Balaban J connectivity index is 2.36. The third-order valence-electron chi connectivity index (χ3n) is 2.18. The first-order valence-corrected chi connectivity index (χ1v) is 5.30. The summed E-state index contributed by atoms with van der Waals surface area (Å²) in [5.41, 5.74) is -1.74. The van der Waals surface area contributed by atoms with Crippen LogP contribution in [0, 0.1) is 5.92 Å². The number of aliphatic hydroxyl groups is 1. The van der Waals surface area contributed by atoms with Crippen LogP contribution in [0.1, 0.15) is 26.7 Å². The first-order valence-electron chi connectivity index (χ1n) is 5.30. The lowest BCUT2D eigenvalue weighted by atomic mass is 10.2. The summed E-state index contributed by atoms with van der Waals surface area (Å²) in [7, 11) is 0. The highest BCUT2D eigenvalue weighted by molar-refractivity contribution is 5.87. The Kier molecular flexibility index (Phi) is 4.26. The van der Waals surface area contributed by atoms with Crippen LogP contribution in [0.15, 0.2) is 0 Å². The molecule has 0 aromatic rings. The highest BCUT2D eigenvalue weighted by atomic mass is 16.7. The van der Waals surface area contributed by atoms with Crippen molar-refractivity contribution in [2.24, 2.45) is 5.92 Å². The summed E-state index contributed by atoms with van der Waals surface area (Å²) in [5.74, 6) is -0.839. The molecule has 1 aliphatic heterocycles. The number of carbonyl (C=O) groups is 2. The van der Waals surface area contributed by atoms with E-state index in [1.165, 1.54) is 0 Å². The van der Waals surface area contributed by atoms with Gasteiger partial charge in [0.25, 0.3) is 0 Å². The third kappa shape index (κ3) is 3.46. The lowest BCUT2D eigenvalue weighted by molar-refractivity contribution is -0.163. The second-order valence-corrected chi connectivity index (χ2v) is 4.23. The van der Waals surface area contributed by atoms with Crippen molar-refractivity contribution in [3.63, 3.8) is 0 Å². The van der Waals surface area contributed by atoms with Crippen LogP contribution in [0.2, 0.25) is 0 Å². The molecule has 2 N–H and O–H groups in total. The first-order chi connectivity index (χ1) is 7.44. The lowest BCUT2D eigenvalue weighted by Gasteiger charge is -2.19. The van der Waals surface area contributed by atoms with Crippen LogP contribution in [0.3, 0.4) is 0 Å². The summed E-state index contributed by atoms with van der Waals surface area (Å²) in [6, 6.07) is 0. The molecule has 1 saturated heterocycles. The zero-order chi connectivity index (χ0) is 12.2. The van der Waals surface area contributed by atoms with E-state index in [9.17, 15) is 14.7 Å². The maximum Gasteiger partial charge on any atom is 0.516 e. The van der Waals surface area contributed by atoms with Crippen molar-refractivity contribution in [2.75, 3.05) is 13.2 Å². The van der Waals surface area contributed by atoms with Crippen molar-refractivity contribution >= 4 is 12.1 Å². The largest absolute Gasteiger partial charge is 0.516 e. The summed E-state index contributed by atoms with van der Waals surface area (Å²) < 4.78 is 9.03. The van der Waals surface area contributed by atoms with E-state index >= 15 is 0 Å². The molecule has 0 aromatic heterocycles. The third-order valence-corrected chi connectivity index (χ3v) is 2.18. The van der Waals surface area contributed by atoms with E-state index in [2.05, 4.69) is 14.8 Å². The van der Waals surface area contributed by atoms with Gasteiger partial charge >= 0.3 is 12.1 Å². The molecule has 1 aliphatic rings. The summed E-state index contributed by atoms with van der Waals surface area (Å²) in [6.45, 7) is 4.42. The standard InChI is InChI=1S/C10H17NO5/c1-7(2)6-15-9(13)16-8(12)10(14)4-3-5-11-10/h7,11,14H,3-6H2,1-2H3/t10-/m1/s1. The van der Waals surface area contributed by atoms with Crippen molar-refractivity contribution in [3.05, 3.63) is 0 Å². The number of nitrogens with one attached hydrogen (secondary N) is 1. The van der Waals surface area contributed by atoms with Crippen LogP contribution >= 0.6 is 0 Å². The molecule has 0 radical (unpaired) electrons. The van der Waals surface area contributed by atoms with Gasteiger partial charge in [0, 0.05) is 6.42 Å². The van der Waals surface area contributed by atoms with Crippen LogP contribution in [-0.4, -0.2) is 36.1 Å². The number of hydrogen-bond acceptors (Lipinski definition) is 6. The highest BCUT2D eigenvalue weighted by Gasteiger charge is 2.41. The molecule has 92 valence electrons. The average molecular weight is 231 g/mol. The van der Waals surface area contributed by atoms with Crippen molar-refractivity contribution < 1.29 is 24.2 Å². The van der Waals surface area contributed by atoms with Gasteiger partial charge in [0.1, 0.15) is 0 Å². The molecule has 0 aromatic carbocycles. The Morgan fingerprint density at radius 2 is 2.19 bits per heavy atom. The fraction of sp³-hybridized carbons (Fsp3) is 0.800. The Hall–Kier alpha value is -1.14. The molecule has 0 saturated carbocycles. The fourth-order valence-electron chi connectivity index (χ4n) is 1.33.